The van der Waals surface area contributed by atoms with E-state index in [4.69, 9.17) is 14.2 Å². The third kappa shape index (κ3) is 7.38. The maximum atomic E-state index is 12.4. The summed E-state index contributed by atoms with van der Waals surface area (Å²) in [7, 11) is 0. The number of anilines is 1. The first-order valence-electron chi connectivity index (χ1n) is 11.2. The van der Waals surface area contributed by atoms with Gasteiger partial charge in [0.1, 0.15) is 17.2 Å². The van der Waals surface area contributed by atoms with Gasteiger partial charge in [-0.25, -0.2) is 4.79 Å². The zero-order chi connectivity index (χ0) is 23.5. The monoisotopic (exact) mass is 447 g/mol. The predicted octanol–water partition coefficient (Wildman–Crippen LogP) is 6.13. The van der Waals surface area contributed by atoms with Gasteiger partial charge in [0, 0.05) is 11.3 Å². The van der Waals surface area contributed by atoms with Crippen LogP contribution in [0.5, 0.6) is 17.2 Å². The lowest BCUT2D eigenvalue weighted by Crippen LogP contribution is -2.12. The predicted molar refractivity (Wildman–Crippen MR) is 128 cm³/mol. The van der Waals surface area contributed by atoms with Crippen molar-refractivity contribution in [3.63, 3.8) is 0 Å². The number of ether oxygens (including phenoxy) is 3. The molecule has 1 amide bonds. The minimum Gasteiger partial charge on any atom is -0.494 e. The molecular weight excluding hydrogens is 418 g/mol. The second kappa shape index (κ2) is 12.3. The summed E-state index contributed by atoms with van der Waals surface area (Å²) in [6, 6.07) is 20.4. The molecule has 0 fully saturated rings. The second-order valence-electron chi connectivity index (χ2n) is 7.41. The molecule has 0 bridgehead atoms. The van der Waals surface area contributed by atoms with Gasteiger partial charge in [-0.05, 0) is 86.1 Å². The van der Waals surface area contributed by atoms with Gasteiger partial charge in [-0.2, -0.15) is 0 Å². The van der Waals surface area contributed by atoms with Crippen LogP contribution in [0.25, 0.3) is 0 Å². The van der Waals surface area contributed by atoms with Crippen molar-refractivity contribution >= 4 is 17.6 Å². The number of carbonyl (C=O) groups is 2. The van der Waals surface area contributed by atoms with Crippen LogP contribution in [0.1, 0.15) is 53.8 Å². The van der Waals surface area contributed by atoms with Gasteiger partial charge in [-0.1, -0.05) is 19.8 Å². The summed E-state index contributed by atoms with van der Waals surface area (Å²) >= 11 is 0. The van der Waals surface area contributed by atoms with Crippen LogP contribution >= 0.6 is 0 Å². The lowest BCUT2D eigenvalue weighted by atomic mass is 10.1. The number of amides is 1. The molecule has 0 saturated carbocycles. The van der Waals surface area contributed by atoms with Gasteiger partial charge in [0.15, 0.2) is 0 Å². The molecule has 0 unspecified atom stereocenters. The molecule has 172 valence electrons. The number of benzene rings is 3. The van der Waals surface area contributed by atoms with Crippen molar-refractivity contribution in [1.82, 2.24) is 0 Å². The summed E-state index contributed by atoms with van der Waals surface area (Å²) < 4.78 is 16.5. The molecule has 0 radical (unpaired) electrons. The van der Waals surface area contributed by atoms with Gasteiger partial charge in [-0.3, -0.25) is 4.79 Å². The fourth-order valence-electron chi connectivity index (χ4n) is 3.07. The van der Waals surface area contributed by atoms with Crippen LogP contribution in [0.2, 0.25) is 0 Å². The summed E-state index contributed by atoms with van der Waals surface area (Å²) in [5.41, 5.74) is 1.48. The standard InChI is InChI=1S/C27H29NO5/c1-3-5-6-19-32-24-15-17-25(18-16-24)33-27(30)21-7-11-22(12-8-21)28-26(29)20-9-13-23(14-10-20)31-4-2/h7-18H,3-6,19H2,1-2H3,(H,28,29). The lowest BCUT2D eigenvalue weighted by molar-refractivity contribution is 0.0734. The third-order valence-electron chi connectivity index (χ3n) is 4.86. The van der Waals surface area contributed by atoms with Gasteiger partial charge in [0.05, 0.1) is 18.8 Å². The number of hydrogen-bond acceptors (Lipinski definition) is 5. The quantitative estimate of drug-likeness (QED) is 0.218. The van der Waals surface area contributed by atoms with E-state index in [2.05, 4.69) is 12.2 Å². The Morgan fingerprint density at radius 3 is 1.91 bits per heavy atom. The largest absolute Gasteiger partial charge is 0.494 e. The Kier molecular flexibility index (Phi) is 8.88. The molecule has 0 aliphatic rings. The third-order valence-corrected chi connectivity index (χ3v) is 4.86. The van der Waals surface area contributed by atoms with Crippen molar-refractivity contribution in [3.05, 3.63) is 83.9 Å². The summed E-state index contributed by atoms with van der Waals surface area (Å²) in [5.74, 6) is 1.18. The number of unbranched alkanes of at least 4 members (excludes halogenated alkanes) is 2. The van der Waals surface area contributed by atoms with E-state index in [9.17, 15) is 9.59 Å². The van der Waals surface area contributed by atoms with Gasteiger partial charge >= 0.3 is 5.97 Å². The highest BCUT2D eigenvalue weighted by atomic mass is 16.5. The highest BCUT2D eigenvalue weighted by Crippen LogP contribution is 2.20. The summed E-state index contributed by atoms with van der Waals surface area (Å²) in [6.07, 6.45) is 3.30. The van der Waals surface area contributed by atoms with Crippen molar-refractivity contribution in [2.45, 2.75) is 33.1 Å². The molecule has 3 aromatic carbocycles. The average Bonchev–Trinajstić information content (AvgIpc) is 2.84. The normalized spacial score (nSPS) is 10.4. The Bertz CT molecular complexity index is 1030. The van der Waals surface area contributed by atoms with Crippen LogP contribution in [-0.2, 0) is 0 Å². The molecule has 0 aromatic heterocycles. The number of rotatable bonds is 11. The number of hydrogen-bond donors (Lipinski definition) is 1. The smallest absolute Gasteiger partial charge is 0.343 e. The van der Waals surface area contributed by atoms with E-state index < -0.39 is 5.97 Å². The Labute approximate surface area is 194 Å². The van der Waals surface area contributed by atoms with Crippen LogP contribution in [0, 0.1) is 0 Å². The lowest BCUT2D eigenvalue weighted by Gasteiger charge is -2.09. The molecule has 0 saturated heterocycles. The Balaban J connectivity index is 1.51. The second-order valence-corrected chi connectivity index (χ2v) is 7.41. The molecule has 0 heterocycles. The van der Waals surface area contributed by atoms with Crippen LogP contribution in [0.15, 0.2) is 72.8 Å². The molecule has 0 aliphatic carbocycles. The Morgan fingerprint density at radius 1 is 0.697 bits per heavy atom. The minimum atomic E-state index is -0.476. The van der Waals surface area contributed by atoms with Gasteiger partial charge < -0.3 is 19.5 Å². The van der Waals surface area contributed by atoms with Crippen LogP contribution in [0.3, 0.4) is 0 Å². The molecule has 0 aliphatic heterocycles. The Morgan fingerprint density at radius 2 is 1.27 bits per heavy atom. The molecule has 6 nitrogen and oxygen atoms in total. The number of nitrogens with one attached hydrogen (secondary N) is 1. The van der Waals surface area contributed by atoms with Crippen LogP contribution in [-0.4, -0.2) is 25.1 Å². The average molecular weight is 448 g/mol. The van der Waals surface area contributed by atoms with Gasteiger partial charge in [0.2, 0.25) is 0 Å². The van der Waals surface area contributed by atoms with E-state index in [0.29, 0.717) is 41.5 Å². The molecule has 1 N–H and O–H groups in total. The molecule has 3 aromatic rings. The van der Waals surface area contributed by atoms with E-state index in [1.165, 1.54) is 0 Å². The number of esters is 1. The van der Waals surface area contributed by atoms with Crippen LogP contribution in [0.4, 0.5) is 5.69 Å². The summed E-state index contributed by atoms with van der Waals surface area (Å²) in [6.45, 7) is 5.30. The SMILES string of the molecule is CCCCCOc1ccc(OC(=O)c2ccc(NC(=O)c3ccc(OCC)cc3)cc2)cc1. The molecule has 0 atom stereocenters. The molecule has 3 rings (SSSR count). The van der Waals surface area contributed by atoms with E-state index in [0.717, 1.165) is 25.0 Å². The molecule has 33 heavy (non-hydrogen) atoms. The van der Waals surface area contributed by atoms with E-state index in [-0.39, 0.29) is 5.91 Å². The van der Waals surface area contributed by atoms with Crippen molar-refractivity contribution in [2.24, 2.45) is 0 Å². The zero-order valence-corrected chi connectivity index (χ0v) is 19.0. The first-order valence-corrected chi connectivity index (χ1v) is 11.2. The number of carbonyl (C=O) groups excluding carboxylic acids is 2. The van der Waals surface area contributed by atoms with Crippen molar-refractivity contribution in [3.8, 4) is 17.2 Å². The van der Waals surface area contributed by atoms with Crippen LogP contribution < -0.4 is 19.5 Å². The van der Waals surface area contributed by atoms with E-state index in [1.807, 2.05) is 6.92 Å². The summed E-state index contributed by atoms with van der Waals surface area (Å²) in [5, 5.41) is 2.81. The fourth-order valence-corrected chi connectivity index (χ4v) is 3.07. The van der Waals surface area contributed by atoms with Gasteiger partial charge in [0.25, 0.3) is 5.91 Å². The molecular formula is C27H29NO5. The van der Waals surface area contributed by atoms with Crippen molar-refractivity contribution in [2.75, 3.05) is 18.5 Å². The molecule has 0 spiro atoms. The van der Waals surface area contributed by atoms with E-state index >= 15 is 0 Å². The minimum absolute atomic E-state index is 0.245. The maximum absolute atomic E-state index is 12.4. The first-order chi connectivity index (χ1) is 16.1. The van der Waals surface area contributed by atoms with Crippen molar-refractivity contribution < 1.29 is 23.8 Å². The van der Waals surface area contributed by atoms with Crippen molar-refractivity contribution in [1.29, 1.82) is 0 Å². The first kappa shape index (κ1) is 23.9. The summed E-state index contributed by atoms with van der Waals surface area (Å²) in [4.78, 5) is 24.8. The zero-order valence-electron chi connectivity index (χ0n) is 19.0. The topological polar surface area (TPSA) is 73.9 Å². The fraction of sp³-hybridized carbons (Fsp3) is 0.259. The Hall–Kier alpha value is -3.80. The highest BCUT2D eigenvalue weighted by molar-refractivity contribution is 6.04. The van der Waals surface area contributed by atoms with Gasteiger partial charge in [-0.15, -0.1) is 0 Å². The highest BCUT2D eigenvalue weighted by Gasteiger charge is 2.11. The molecule has 6 heteroatoms. The maximum Gasteiger partial charge on any atom is 0.343 e. The van der Waals surface area contributed by atoms with E-state index in [1.54, 1.807) is 72.8 Å².